The Balaban J connectivity index is 1.27. The van der Waals surface area contributed by atoms with Gasteiger partial charge in [0.15, 0.2) is 5.78 Å². The molecule has 4 rings (SSSR count). The highest BCUT2D eigenvalue weighted by Crippen LogP contribution is 2.40. The molecule has 28 heavy (non-hydrogen) atoms. The molecule has 5 heteroatoms. The van der Waals surface area contributed by atoms with Crippen molar-refractivity contribution in [2.75, 3.05) is 32.7 Å². The van der Waals surface area contributed by atoms with E-state index in [0.29, 0.717) is 24.3 Å². The molecule has 3 fully saturated rings. The first-order valence-corrected chi connectivity index (χ1v) is 10.8. The van der Waals surface area contributed by atoms with Gasteiger partial charge in [-0.25, -0.2) is 4.39 Å². The summed E-state index contributed by atoms with van der Waals surface area (Å²) in [7, 11) is 0. The average Bonchev–Trinajstić information content (AvgIpc) is 3.50. The summed E-state index contributed by atoms with van der Waals surface area (Å²) in [6, 6.07) is 5.83. The Labute approximate surface area is 167 Å². The Bertz CT molecular complexity index is 716. The Morgan fingerprint density at radius 2 is 1.93 bits per heavy atom. The molecule has 152 valence electrons. The van der Waals surface area contributed by atoms with E-state index in [9.17, 15) is 14.0 Å². The second-order valence-corrected chi connectivity index (χ2v) is 9.13. The Hall–Kier alpha value is -1.75. The van der Waals surface area contributed by atoms with Gasteiger partial charge in [0.1, 0.15) is 5.82 Å². The highest BCUT2D eigenvalue weighted by molar-refractivity contribution is 5.95. The summed E-state index contributed by atoms with van der Waals surface area (Å²) in [5.74, 6) is 0.873. The smallest absolute Gasteiger partial charge is 0.222 e. The minimum Gasteiger partial charge on any atom is -0.342 e. The van der Waals surface area contributed by atoms with E-state index in [2.05, 4.69) is 9.80 Å². The van der Waals surface area contributed by atoms with Crippen LogP contribution in [0.15, 0.2) is 24.3 Å². The quantitative estimate of drug-likeness (QED) is 0.667. The maximum absolute atomic E-state index is 13.0. The highest BCUT2D eigenvalue weighted by Gasteiger charge is 2.42. The number of rotatable bonds is 7. The summed E-state index contributed by atoms with van der Waals surface area (Å²) < 4.78 is 13.0. The van der Waals surface area contributed by atoms with Gasteiger partial charge in [-0.2, -0.15) is 0 Å². The second kappa shape index (κ2) is 8.32. The van der Waals surface area contributed by atoms with Gasteiger partial charge >= 0.3 is 0 Å². The van der Waals surface area contributed by atoms with Crippen LogP contribution >= 0.6 is 0 Å². The van der Waals surface area contributed by atoms with Crippen LogP contribution in [0.2, 0.25) is 0 Å². The summed E-state index contributed by atoms with van der Waals surface area (Å²) in [6.45, 7) is 4.95. The molecular weight excluding hydrogens is 355 g/mol. The van der Waals surface area contributed by atoms with E-state index in [1.807, 2.05) is 0 Å². The lowest BCUT2D eigenvalue weighted by molar-refractivity contribution is -0.139. The Morgan fingerprint density at radius 1 is 1.14 bits per heavy atom. The standard InChI is InChI=1S/C23H31FN2O2/c24-20-8-6-19(7-9-20)21(27)3-1-13-25-14-2-11-23(16-25)12-10-22(28)26(17-23)15-18-4-5-18/h6-9,18H,1-5,10-17H2/t23-/m0/s1. The summed E-state index contributed by atoms with van der Waals surface area (Å²) in [6.07, 6.45) is 8.00. The van der Waals surface area contributed by atoms with Crippen molar-refractivity contribution in [3.8, 4) is 0 Å². The van der Waals surface area contributed by atoms with E-state index in [-0.39, 0.29) is 17.0 Å². The first-order valence-electron chi connectivity index (χ1n) is 10.8. The lowest BCUT2D eigenvalue weighted by Crippen LogP contribution is -2.54. The number of Topliss-reactive ketones (excluding diaryl/α,β-unsaturated/α-hetero) is 1. The monoisotopic (exact) mass is 386 g/mol. The number of piperidine rings is 2. The second-order valence-electron chi connectivity index (χ2n) is 9.13. The number of nitrogens with zero attached hydrogens (tertiary/aromatic N) is 2. The van der Waals surface area contributed by atoms with Crippen LogP contribution in [0.5, 0.6) is 0 Å². The third-order valence-electron chi connectivity index (χ3n) is 6.71. The molecular formula is C23H31FN2O2. The zero-order valence-corrected chi connectivity index (χ0v) is 16.7. The molecule has 1 aromatic rings. The van der Waals surface area contributed by atoms with Crippen molar-refractivity contribution in [3.63, 3.8) is 0 Å². The van der Waals surface area contributed by atoms with E-state index < -0.39 is 0 Å². The molecule has 1 aliphatic carbocycles. The van der Waals surface area contributed by atoms with Crippen LogP contribution in [0, 0.1) is 17.2 Å². The summed E-state index contributed by atoms with van der Waals surface area (Å²) in [4.78, 5) is 29.2. The highest BCUT2D eigenvalue weighted by atomic mass is 19.1. The zero-order valence-electron chi connectivity index (χ0n) is 16.7. The fourth-order valence-electron chi connectivity index (χ4n) is 4.96. The molecule has 2 aliphatic heterocycles. The lowest BCUT2D eigenvalue weighted by atomic mass is 9.73. The Kier molecular flexibility index (Phi) is 5.81. The normalized spacial score (nSPS) is 26.0. The molecule has 2 saturated heterocycles. The first kappa shape index (κ1) is 19.6. The zero-order chi connectivity index (χ0) is 19.6. The van der Waals surface area contributed by atoms with Crippen molar-refractivity contribution in [2.24, 2.45) is 11.3 Å². The van der Waals surface area contributed by atoms with E-state index in [4.69, 9.17) is 0 Å². The number of halogens is 1. The molecule has 0 radical (unpaired) electrons. The van der Waals surface area contributed by atoms with Gasteiger partial charge in [-0.1, -0.05) is 0 Å². The fraction of sp³-hybridized carbons (Fsp3) is 0.652. The van der Waals surface area contributed by atoms with Gasteiger partial charge < -0.3 is 9.80 Å². The van der Waals surface area contributed by atoms with E-state index >= 15 is 0 Å². The van der Waals surface area contributed by atoms with E-state index in [1.54, 1.807) is 12.1 Å². The topological polar surface area (TPSA) is 40.6 Å². The minimum atomic E-state index is -0.308. The summed E-state index contributed by atoms with van der Waals surface area (Å²) in [5, 5.41) is 0. The maximum Gasteiger partial charge on any atom is 0.222 e. The van der Waals surface area contributed by atoms with Gasteiger partial charge in [0.25, 0.3) is 0 Å². The number of carbonyl (C=O) groups excluding carboxylic acids is 2. The van der Waals surface area contributed by atoms with Gasteiger partial charge in [-0.15, -0.1) is 0 Å². The number of amides is 1. The molecule has 1 atom stereocenters. The van der Waals surface area contributed by atoms with Crippen molar-refractivity contribution in [3.05, 3.63) is 35.6 Å². The number of likely N-dealkylation sites (tertiary alicyclic amines) is 2. The lowest BCUT2D eigenvalue weighted by Gasteiger charge is -2.48. The summed E-state index contributed by atoms with van der Waals surface area (Å²) >= 11 is 0. The summed E-state index contributed by atoms with van der Waals surface area (Å²) in [5.41, 5.74) is 0.847. The molecule has 0 unspecified atom stereocenters. The molecule has 1 aromatic carbocycles. The molecule has 1 amide bonds. The van der Waals surface area contributed by atoms with Gasteiger partial charge in [-0.3, -0.25) is 9.59 Å². The van der Waals surface area contributed by atoms with Crippen molar-refractivity contribution in [1.29, 1.82) is 0 Å². The minimum absolute atomic E-state index is 0.0885. The molecule has 4 nitrogen and oxygen atoms in total. The maximum atomic E-state index is 13.0. The predicted molar refractivity (Wildman–Crippen MR) is 107 cm³/mol. The van der Waals surface area contributed by atoms with Crippen LogP contribution in [0.4, 0.5) is 4.39 Å². The fourth-order valence-corrected chi connectivity index (χ4v) is 4.96. The van der Waals surface area contributed by atoms with Crippen molar-refractivity contribution >= 4 is 11.7 Å². The van der Waals surface area contributed by atoms with Crippen LogP contribution in [-0.2, 0) is 4.79 Å². The molecule has 0 N–H and O–H groups in total. The molecule has 2 heterocycles. The van der Waals surface area contributed by atoms with Gasteiger partial charge in [0.2, 0.25) is 5.91 Å². The molecule has 0 aromatic heterocycles. The first-order chi connectivity index (χ1) is 13.5. The third kappa shape index (κ3) is 4.80. The van der Waals surface area contributed by atoms with Crippen molar-refractivity contribution in [1.82, 2.24) is 9.80 Å². The van der Waals surface area contributed by atoms with Crippen LogP contribution in [0.3, 0.4) is 0 Å². The van der Waals surface area contributed by atoms with Crippen molar-refractivity contribution in [2.45, 2.75) is 51.4 Å². The third-order valence-corrected chi connectivity index (χ3v) is 6.71. The number of hydrogen-bond acceptors (Lipinski definition) is 3. The van der Waals surface area contributed by atoms with Gasteiger partial charge in [-0.05, 0) is 81.8 Å². The molecule has 0 bridgehead atoms. The van der Waals surface area contributed by atoms with Crippen LogP contribution in [0.25, 0.3) is 0 Å². The van der Waals surface area contributed by atoms with Crippen LogP contribution in [0.1, 0.15) is 61.7 Å². The van der Waals surface area contributed by atoms with E-state index in [1.165, 1.54) is 37.8 Å². The van der Waals surface area contributed by atoms with Gasteiger partial charge in [0, 0.05) is 43.5 Å². The average molecular weight is 387 g/mol. The predicted octanol–water partition coefficient (Wildman–Crippen LogP) is 3.90. The van der Waals surface area contributed by atoms with E-state index in [0.717, 1.165) is 51.5 Å². The molecule has 1 saturated carbocycles. The number of benzene rings is 1. The van der Waals surface area contributed by atoms with Crippen LogP contribution < -0.4 is 0 Å². The van der Waals surface area contributed by atoms with Crippen molar-refractivity contribution < 1.29 is 14.0 Å². The SMILES string of the molecule is O=C(CCCN1CCC[C@]2(CCC(=O)N(CC3CC3)C2)C1)c1ccc(F)cc1. The molecule has 3 aliphatic rings. The Morgan fingerprint density at radius 3 is 2.68 bits per heavy atom. The van der Waals surface area contributed by atoms with Crippen LogP contribution in [-0.4, -0.2) is 54.2 Å². The molecule has 1 spiro atoms. The largest absolute Gasteiger partial charge is 0.342 e. The number of hydrogen-bond donors (Lipinski definition) is 0. The van der Waals surface area contributed by atoms with Gasteiger partial charge in [0.05, 0.1) is 0 Å². The number of carbonyl (C=O) groups is 2. The number of ketones is 1.